The lowest BCUT2D eigenvalue weighted by atomic mass is 10.0. The van der Waals surface area contributed by atoms with Crippen molar-refractivity contribution >= 4 is 11.9 Å². The second-order valence-electron chi connectivity index (χ2n) is 16.4. The molecule has 0 aromatic heterocycles. The van der Waals surface area contributed by atoms with Gasteiger partial charge in [-0.05, 0) is 64.2 Å². The Bertz CT molecular complexity index is 1010. The number of esters is 2. The number of hydrogen-bond acceptors (Lipinski definition) is 5. The van der Waals surface area contributed by atoms with Crippen LogP contribution in [-0.4, -0.2) is 37.9 Å². The Morgan fingerprint density at radius 3 is 1.24 bits per heavy atom. The lowest BCUT2D eigenvalue weighted by molar-refractivity contribution is -0.163. The molecule has 0 aliphatic rings. The van der Waals surface area contributed by atoms with Gasteiger partial charge in [-0.15, -0.1) is 0 Å². The molecular weight excluding hydrogens is 717 g/mol. The van der Waals surface area contributed by atoms with Gasteiger partial charge in [-0.3, -0.25) is 9.59 Å². The molecule has 0 saturated carbocycles. The van der Waals surface area contributed by atoms with Gasteiger partial charge in [-0.2, -0.15) is 0 Å². The van der Waals surface area contributed by atoms with Gasteiger partial charge in [0.1, 0.15) is 6.61 Å². The number of hydrogen-bond donors (Lipinski definition) is 0. The first-order valence-electron chi connectivity index (χ1n) is 24.8. The third-order valence-corrected chi connectivity index (χ3v) is 10.6. The number of carbonyl (C=O) groups excluding carboxylic acids is 2. The monoisotopic (exact) mass is 811 g/mol. The zero-order chi connectivity index (χ0) is 42.1. The lowest BCUT2D eigenvalue weighted by Crippen LogP contribution is -2.30. The van der Waals surface area contributed by atoms with Crippen molar-refractivity contribution in [1.29, 1.82) is 0 Å². The molecule has 0 saturated heterocycles. The molecule has 0 radical (unpaired) electrons. The van der Waals surface area contributed by atoms with Crippen LogP contribution < -0.4 is 0 Å². The third-order valence-electron chi connectivity index (χ3n) is 10.6. The van der Waals surface area contributed by atoms with Crippen LogP contribution in [0.15, 0.2) is 60.8 Å². The van der Waals surface area contributed by atoms with Crippen molar-refractivity contribution in [3.63, 3.8) is 0 Å². The summed E-state index contributed by atoms with van der Waals surface area (Å²) in [7, 11) is 0. The molecule has 0 bridgehead atoms. The molecule has 5 nitrogen and oxygen atoms in total. The van der Waals surface area contributed by atoms with Crippen molar-refractivity contribution < 1.29 is 23.8 Å². The van der Waals surface area contributed by atoms with E-state index in [1.54, 1.807) is 0 Å². The second-order valence-corrected chi connectivity index (χ2v) is 16.4. The summed E-state index contributed by atoms with van der Waals surface area (Å²) in [6, 6.07) is 0. The Balaban J connectivity index is 4.13. The van der Waals surface area contributed by atoms with Gasteiger partial charge in [0, 0.05) is 19.4 Å². The van der Waals surface area contributed by atoms with Crippen molar-refractivity contribution in [3.05, 3.63) is 60.8 Å². The molecule has 5 heteroatoms. The van der Waals surface area contributed by atoms with E-state index in [1.807, 2.05) is 0 Å². The summed E-state index contributed by atoms with van der Waals surface area (Å²) in [5.74, 6) is -0.430. The third kappa shape index (κ3) is 46.3. The number of ether oxygens (including phenoxy) is 3. The molecular formula is C53H94O5. The van der Waals surface area contributed by atoms with Crippen LogP contribution in [0.3, 0.4) is 0 Å². The van der Waals surface area contributed by atoms with E-state index in [9.17, 15) is 9.59 Å². The van der Waals surface area contributed by atoms with E-state index in [2.05, 4.69) is 81.5 Å². The van der Waals surface area contributed by atoms with Crippen LogP contribution >= 0.6 is 0 Å². The molecule has 1 atom stereocenters. The normalized spacial score (nSPS) is 12.7. The first kappa shape index (κ1) is 55.6. The number of rotatable bonds is 45. The van der Waals surface area contributed by atoms with Crippen LogP contribution in [0.4, 0.5) is 0 Å². The summed E-state index contributed by atoms with van der Waals surface area (Å²) in [6.07, 6.45) is 60.9. The minimum absolute atomic E-state index is 0.0696. The summed E-state index contributed by atoms with van der Waals surface area (Å²) < 4.78 is 17.2. The number of allylic oxidation sites excluding steroid dienone is 10. The zero-order valence-corrected chi connectivity index (χ0v) is 38.6. The fourth-order valence-corrected chi connectivity index (χ4v) is 6.89. The molecule has 0 heterocycles. The molecule has 0 aromatic rings. The van der Waals surface area contributed by atoms with Crippen LogP contribution in [0.1, 0.15) is 239 Å². The average molecular weight is 811 g/mol. The van der Waals surface area contributed by atoms with Gasteiger partial charge in [0.05, 0.1) is 6.61 Å². The molecule has 0 rings (SSSR count). The highest BCUT2D eigenvalue weighted by Crippen LogP contribution is 2.15. The van der Waals surface area contributed by atoms with Crippen LogP contribution in [0.2, 0.25) is 0 Å². The first-order chi connectivity index (χ1) is 28.6. The van der Waals surface area contributed by atoms with Gasteiger partial charge in [0.15, 0.2) is 6.10 Å². The quantitative estimate of drug-likeness (QED) is 0.0348. The lowest BCUT2D eigenvalue weighted by Gasteiger charge is -2.18. The van der Waals surface area contributed by atoms with Crippen molar-refractivity contribution in [2.24, 2.45) is 0 Å². The molecule has 0 fully saturated rings. The van der Waals surface area contributed by atoms with Crippen LogP contribution in [0, 0.1) is 0 Å². The molecule has 336 valence electrons. The smallest absolute Gasteiger partial charge is 0.306 e. The summed E-state index contributed by atoms with van der Waals surface area (Å²) >= 11 is 0. The maximum Gasteiger partial charge on any atom is 0.306 e. The molecule has 0 amide bonds. The largest absolute Gasteiger partial charge is 0.462 e. The van der Waals surface area contributed by atoms with E-state index in [1.165, 1.54) is 122 Å². The summed E-state index contributed by atoms with van der Waals surface area (Å²) in [5, 5.41) is 0. The van der Waals surface area contributed by atoms with E-state index in [0.29, 0.717) is 19.4 Å². The maximum atomic E-state index is 12.7. The van der Waals surface area contributed by atoms with E-state index in [0.717, 1.165) is 83.5 Å². The van der Waals surface area contributed by atoms with Gasteiger partial charge in [0.2, 0.25) is 0 Å². The molecule has 0 aliphatic heterocycles. The molecule has 1 unspecified atom stereocenters. The molecule has 58 heavy (non-hydrogen) atoms. The number of carbonyl (C=O) groups is 2. The van der Waals surface area contributed by atoms with Crippen molar-refractivity contribution in [2.75, 3.05) is 19.8 Å². The van der Waals surface area contributed by atoms with E-state index in [4.69, 9.17) is 14.2 Å². The Morgan fingerprint density at radius 1 is 0.397 bits per heavy atom. The van der Waals surface area contributed by atoms with Gasteiger partial charge >= 0.3 is 11.9 Å². The van der Waals surface area contributed by atoms with Crippen LogP contribution in [0.25, 0.3) is 0 Å². The maximum absolute atomic E-state index is 12.7. The number of unbranched alkanes of at least 4 members (excludes halogenated alkanes) is 24. The highest BCUT2D eigenvalue weighted by Gasteiger charge is 2.17. The first-order valence-corrected chi connectivity index (χ1v) is 24.8. The molecule has 0 spiro atoms. The highest BCUT2D eigenvalue weighted by molar-refractivity contribution is 5.70. The predicted molar refractivity (Wildman–Crippen MR) is 251 cm³/mol. The standard InChI is InChI=1S/C53H94O5/c1-4-7-10-13-16-18-20-22-24-26-27-29-30-32-34-36-38-40-43-46-52(54)57-50-51(49-56-48-45-42-15-12-9-6-3)58-53(55)47-44-41-39-37-35-33-31-28-25-23-21-19-17-14-11-8-5-2/h7,10,16,18,22,24,27,29,32,34,51H,4-6,8-9,11-15,17,19-21,23,25-26,28,30-31,33,35-50H2,1-3H3/b10-7-,18-16-,24-22-,29-27-,34-32-. The summed E-state index contributed by atoms with van der Waals surface area (Å²) in [5.41, 5.74) is 0. The zero-order valence-electron chi connectivity index (χ0n) is 38.6. The molecule has 0 N–H and O–H groups in total. The Labute approximate surface area is 360 Å². The Hall–Kier alpha value is -2.40. The van der Waals surface area contributed by atoms with E-state index >= 15 is 0 Å². The Morgan fingerprint density at radius 2 is 0.776 bits per heavy atom. The van der Waals surface area contributed by atoms with Crippen molar-refractivity contribution in [2.45, 2.75) is 245 Å². The van der Waals surface area contributed by atoms with Gasteiger partial charge in [-0.25, -0.2) is 0 Å². The van der Waals surface area contributed by atoms with Crippen LogP contribution in [0.5, 0.6) is 0 Å². The summed E-state index contributed by atoms with van der Waals surface area (Å²) in [4.78, 5) is 25.2. The van der Waals surface area contributed by atoms with E-state index < -0.39 is 6.10 Å². The summed E-state index contributed by atoms with van der Waals surface area (Å²) in [6.45, 7) is 7.66. The SMILES string of the molecule is CC/C=C\C/C=C\C/C=C\C/C=C\C/C=C\CCCCCC(=O)OCC(COCCCCCCCC)OC(=O)CCCCCCCCCCCCCCCCCCC. The van der Waals surface area contributed by atoms with Crippen LogP contribution in [-0.2, 0) is 23.8 Å². The topological polar surface area (TPSA) is 61.8 Å². The van der Waals surface area contributed by atoms with Crippen molar-refractivity contribution in [3.8, 4) is 0 Å². The van der Waals surface area contributed by atoms with Crippen molar-refractivity contribution in [1.82, 2.24) is 0 Å². The minimum atomic E-state index is -0.544. The van der Waals surface area contributed by atoms with E-state index in [-0.39, 0.29) is 25.2 Å². The highest BCUT2D eigenvalue weighted by atomic mass is 16.6. The molecule has 0 aliphatic carbocycles. The average Bonchev–Trinajstić information content (AvgIpc) is 3.22. The second kappa shape index (κ2) is 49.0. The van der Waals surface area contributed by atoms with Gasteiger partial charge < -0.3 is 14.2 Å². The predicted octanol–water partition coefficient (Wildman–Crippen LogP) is 16.6. The van der Waals surface area contributed by atoms with Gasteiger partial charge in [0.25, 0.3) is 0 Å². The fourth-order valence-electron chi connectivity index (χ4n) is 6.89. The fraction of sp³-hybridized carbons (Fsp3) is 0.774. The molecule has 0 aromatic carbocycles. The Kier molecular flexibility index (Phi) is 46.9. The minimum Gasteiger partial charge on any atom is -0.462 e. The van der Waals surface area contributed by atoms with Gasteiger partial charge in [-0.1, -0.05) is 223 Å².